The van der Waals surface area contributed by atoms with E-state index in [0.29, 0.717) is 18.4 Å². The molecule has 1 amide bonds. The van der Waals surface area contributed by atoms with Gasteiger partial charge in [-0.15, -0.1) is 0 Å². The molecule has 3 heteroatoms. The molecular weight excluding hydrogens is 272 g/mol. The fourth-order valence-corrected chi connectivity index (χ4v) is 3.80. The fourth-order valence-electron chi connectivity index (χ4n) is 3.80. The smallest absolute Gasteiger partial charge is 0.224 e. The van der Waals surface area contributed by atoms with Gasteiger partial charge in [0, 0.05) is 25.6 Å². The molecule has 2 fully saturated rings. The second-order valence-corrected chi connectivity index (χ2v) is 7.36. The van der Waals surface area contributed by atoms with Gasteiger partial charge in [-0.2, -0.15) is 0 Å². The summed E-state index contributed by atoms with van der Waals surface area (Å²) in [6.45, 7) is 5.30. The van der Waals surface area contributed by atoms with Gasteiger partial charge in [0.15, 0.2) is 0 Å². The number of nitrogens with zero attached hydrogens (tertiary/aromatic N) is 1. The molecule has 3 rings (SSSR count). The zero-order chi connectivity index (χ0) is 15.4. The first-order valence-corrected chi connectivity index (χ1v) is 8.70. The van der Waals surface area contributed by atoms with Gasteiger partial charge in [-0.25, -0.2) is 0 Å². The van der Waals surface area contributed by atoms with Gasteiger partial charge in [-0.3, -0.25) is 4.79 Å². The minimum Gasteiger partial charge on any atom is -0.342 e. The lowest BCUT2D eigenvalue weighted by Crippen LogP contribution is -2.35. The summed E-state index contributed by atoms with van der Waals surface area (Å²) in [7, 11) is 0. The summed E-state index contributed by atoms with van der Waals surface area (Å²) in [5.41, 5.74) is 1.69. The van der Waals surface area contributed by atoms with Crippen LogP contribution >= 0.6 is 0 Å². The highest BCUT2D eigenvalue weighted by molar-refractivity contribution is 5.77. The normalized spacial score (nSPS) is 28.2. The van der Waals surface area contributed by atoms with Crippen molar-refractivity contribution in [1.29, 1.82) is 0 Å². The molecule has 22 heavy (non-hydrogen) atoms. The summed E-state index contributed by atoms with van der Waals surface area (Å²) in [6, 6.07) is 11.1. The van der Waals surface area contributed by atoms with Crippen LogP contribution in [-0.4, -0.2) is 36.5 Å². The van der Waals surface area contributed by atoms with Crippen LogP contribution in [0, 0.1) is 5.41 Å². The Morgan fingerprint density at radius 3 is 2.91 bits per heavy atom. The molecule has 2 atom stereocenters. The van der Waals surface area contributed by atoms with Crippen molar-refractivity contribution in [3.63, 3.8) is 0 Å². The van der Waals surface area contributed by atoms with Crippen LogP contribution in [0.4, 0.5) is 0 Å². The monoisotopic (exact) mass is 300 g/mol. The molecule has 2 unspecified atom stereocenters. The van der Waals surface area contributed by atoms with E-state index >= 15 is 0 Å². The molecule has 0 saturated carbocycles. The summed E-state index contributed by atoms with van der Waals surface area (Å²) in [5, 5.41) is 3.43. The third-order valence-electron chi connectivity index (χ3n) is 5.35. The Balaban J connectivity index is 1.48. The largest absolute Gasteiger partial charge is 0.342 e. The number of amides is 1. The predicted molar refractivity (Wildman–Crippen MR) is 89.7 cm³/mol. The van der Waals surface area contributed by atoms with E-state index in [1.807, 2.05) is 0 Å². The number of likely N-dealkylation sites (tertiary alicyclic amines) is 1. The van der Waals surface area contributed by atoms with E-state index in [0.717, 1.165) is 38.9 Å². The highest BCUT2D eigenvalue weighted by Gasteiger charge is 2.36. The average Bonchev–Trinajstić information content (AvgIpc) is 3.17. The van der Waals surface area contributed by atoms with Gasteiger partial charge in [-0.1, -0.05) is 37.3 Å². The SMILES string of the molecule is CC1(CCc2ccccc2)CCN(C(=O)CC2CCCN2)C1. The maximum absolute atomic E-state index is 12.4. The summed E-state index contributed by atoms with van der Waals surface area (Å²) in [4.78, 5) is 14.6. The first-order chi connectivity index (χ1) is 10.6. The van der Waals surface area contributed by atoms with Crippen LogP contribution in [0.2, 0.25) is 0 Å². The van der Waals surface area contributed by atoms with Crippen LogP contribution in [0.1, 0.15) is 44.6 Å². The molecule has 0 aliphatic carbocycles. The maximum atomic E-state index is 12.4. The van der Waals surface area contributed by atoms with Gasteiger partial charge in [0.1, 0.15) is 0 Å². The molecule has 1 aromatic rings. The number of carbonyl (C=O) groups excluding carboxylic acids is 1. The molecule has 0 aromatic heterocycles. The van der Waals surface area contributed by atoms with Crippen LogP contribution in [-0.2, 0) is 11.2 Å². The van der Waals surface area contributed by atoms with Crippen LogP contribution in [0.15, 0.2) is 30.3 Å². The summed E-state index contributed by atoms with van der Waals surface area (Å²) < 4.78 is 0. The zero-order valence-corrected chi connectivity index (χ0v) is 13.7. The standard InChI is InChI=1S/C19H28N2O/c1-19(10-9-16-6-3-2-4-7-16)11-13-21(15-19)18(22)14-17-8-5-12-20-17/h2-4,6-7,17,20H,5,8-15H2,1H3. The lowest BCUT2D eigenvalue weighted by Gasteiger charge is -2.25. The highest BCUT2D eigenvalue weighted by Crippen LogP contribution is 2.35. The Morgan fingerprint density at radius 2 is 2.18 bits per heavy atom. The molecular formula is C19H28N2O. The molecule has 0 radical (unpaired) electrons. The molecule has 1 N–H and O–H groups in total. The number of rotatable bonds is 5. The molecule has 2 saturated heterocycles. The van der Waals surface area contributed by atoms with Gasteiger partial charge in [0.2, 0.25) is 5.91 Å². The van der Waals surface area contributed by atoms with E-state index in [4.69, 9.17) is 0 Å². The van der Waals surface area contributed by atoms with Crippen LogP contribution < -0.4 is 5.32 Å². The van der Waals surface area contributed by atoms with Crippen LogP contribution in [0.5, 0.6) is 0 Å². The number of aryl methyl sites for hydroxylation is 1. The van der Waals surface area contributed by atoms with Crippen LogP contribution in [0.3, 0.4) is 0 Å². The Kier molecular flexibility index (Phi) is 4.82. The van der Waals surface area contributed by atoms with E-state index in [1.165, 1.54) is 18.4 Å². The van der Waals surface area contributed by atoms with E-state index in [1.54, 1.807) is 0 Å². The number of benzene rings is 1. The molecule has 0 bridgehead atoms. The lowest BCUT2D eigenvalue weighted by molar-refractivity contribution is -0.131. The molecule has 2 aliphatic rings. The predicted octanol–water partition coefficient (Wildman–Crippen LogP) is 3.00. The zero-order valence-electron chi connectivity index (χ0n) is 13.7. The molecule has 3 nitrogen and oxygen atoms in total. The van der Waals surface area contributed by atoms with Crippen molar-refractivity contribution in [1.82, 2.24) is 10.2 Å². The molecule has 2 aliphatic heterocycles. The average molecular weight is 300 g/mol. The first kappa shape index (κ1) is 15.5. The Labute approximate surface area is 134 Å². The lowest BCUT2D eigenvalue weighted by atomic mass is 9.83. The van der Waals surface area contributed by atoms with Gasteiger partial charge in [0.05, 0.1) is 0 Å². The van der Waals surface area contributed by atoms with Crippen molar-refractivity contribution in [2.24, 2.45) is 5.41 Å². The summed E-state index contributed by atoms with van der Waals surface area (Å²) in [5.74, 6) is 0.350. The van der Waals surface area contributed by atoms with Crippen molar-refractivity contribution < 1.29 is 4.79 Å². The van der Waals surface area contributed by atoms with Gasteiger partial charge in [0.25, 0.3) is 0 Å². The van der Waals surface area contributed by atoms with Crippen molar-refractivity contribution in [3.05, 3.63) is 35.9 Å². The van der Waals surface area contributed by atoms with Crippen molar-refractivity contribution in [2.75, 3.05) is 19.6 Å². The Bertz CT molecular complexity index is 495. The Hall–Kier alpha value is -1.35. The van der Waals surface area contributed by atoms with E-state index in [9.17, 15) is 4.79 Å². The van der Waals surface area contributed by atoms with E-state index in [2.05, 4.69) is 47.5 Å². The van der Waals surface area contributed by atoms with E-state index in [-0.39, 0.29) is 5.41 Å². The molecule has 0 spiro atoms. The Morgan fingerprint density at radius 1 is 1.36 bits per heavy atom. The first-order valence-electron chi connectivity index (χ1n) is 8.70. The fraction of sp³-hybridized carbons (Fsp3) is 0.632. The quantitative estimate of drug-likeness (QED) is 0.906. The highest BCUT2D eigenvalue weighted by atomic mass is 16.2. The third-order valence-corrected chi connectivity index (χ3v) is 5.35. The van der Waals surface area contributed by atoms with Gasteiger partial charge >= 0.3 is 0 Å². The van der Waals surface area contributed by atoms with Crippen LogP contribution in [0.25, 0.3) is 0 Å². The van der Waals surface area contributed by atoms with Crippen molar-refractivity contribution in [3.8, 4) is 0 Å². The van der Waals surface area contributed by atoms with E-state index < -0.39 is 0 Å². The topological polar surface area (TPSA) is 32.3 Å². The molecule has 120 valence electrons. The number of nitrogens with one attached hydrogen (secondary N) is 1. The second kappa shape index (κ2) is 6.82. The molecule has 1 aromatic carbocycles. The summed E-state index contributed by atoms with van der Waals surface area (Å²) >= 11 is 0. The molecule has 2 heterocycles. The summed E-state index contributed by atoms with van der Waals surface area (Å²) in [6.07, 6.45) is 6.49. The van der Waals surface area contributed by atoms with Crippen molar-refractivity contribution >= 4 is 5.91 Å². The van der Waals surface area contributed by atoms with Crippen molar-refractivity contribution in [2.45, 2.75) is 51.5 Å². The third kappa shape index (κ3) is 3.89. The van der Waals surface area contributed by atoms with Gasteiger partial charge < -0.3 is 10.2 Å². The number of hydrogen-bond donors (Lipinski definition) is 1. The number of carbonyl (C=O) groups is 1. The minimum absolute atomic E-state index is 0.286. The maximum Gasteiger partial charge on any atom is 0.224 e. The minimum atomic E-state index is 0.286. The van der Waals surface area contributed by atoms with Gasteiger partial charge in [-0.05, 0) is 49.6 Å². The second-order valence-electron chi connectivity index (χ2n) is 7.36. The number of hydrogen-bond acceptors (Lipinski definition) is 2.